The number of nitrogen functional groups attached to an aromatic ring is 1. The van der Waals surface area contributed by atoms with Gasteiger partial charge in [-0.3, -0.25) is 0 Å². The molecular formula is C20H26N6S. The van der Waals surface area contributed by atoms with Crippen molar-refractivity contribution in [3.05, 3.63) is 29.8 Å². The highest BCUT2D eigenvalue weighted by molar-refractivity contribution is 7.99. The Balaban J connectivity index is 1.98. The van der Waals surface area contributed by atoms with Crippen LogP contribution in [0.5, 0.6) is 0 Å². The third-order valence-electron chi connectivity index (χ3n) is 4.78. The summed E-state index contributed by atoms with van der Waals surface area (Å²) < 4.78 is 1.86. The molecule has 0 atom stereocenters. The first-order valence-electron chi connectivity index (χ1n) is 9.31. The minimum Gasteiger partial charge on any atom is -0.383 e. The molecule has 0 radical (unpaired) electrons. The summed E-state index contributed by atoms with van der Waals surface area (Å²) in [5.74, 6) is 3.56. The van der Waals surface area contributed by atoms with Gasteiger partial charge >= 0.3 is 0 Å². The largest absolute Gasteiger partial charge is 0.383 e. The Bertz CT molecular complexity index is 982. The second-order valence-corrected chi connectivity index (χ2v) is 9.23. The van der Waals surface area contributed by atoms with Crippen LogP contribution in [-0.4, -0.2) is 44.3 Å². The molecule has 0 spiro atoms. The molecule has 1 fully saturated rings. The van der Waals surface area contributed by atoms with E-state index in [9.17, 15) is 0 Å². The minimum atomic E-state index is -0.226. The summed E-state index contributed by atoms with van der Waals surface area (Å²) in [6.45, 7) is 10.3. The van der Waals surface area contributed by atoms with Crippen molar-refractivity contribution in [3.8, 4) is 11.3 Å². The topological polar surface area (TPSA) is 72.9 Å². The molecule has 0 amide bonds. The highest BCUT2D eigenvalue weighted by Gasteiger charge is 2.25. The SMILES string of the molecule is Cc1cccc(-c2nc(N3CCSCC3)nc3nn(C(C)(C)C)c(N)c23)c1. The molecule has 0 aliphatic carbocycles. The highest BCUT2D eigenvalue weighted by Crippen LogP contribution is 2.35. The lowest BCUT2D eigenvalue weighted by molar-refractivity contribution is 0.364. The number of anilines is 2. The molecule has 7 heteroatoms. The Morgan fingerprint density at radius 2 is 1.85 bits per heavy atom. The standard InChI is InChI=1S/C20H26N6S/c1-13-6-5-7-14(12-13)16-15-17(21)26(20(2,3)4)24-18(15)23-19(22-16)25-8-10-27-11-9-25/h5-7,12H,8-11,21H2,1-4H3. The number of benzene rings is 1. The molecule has 2 aromatic heterocycles. The van der Waals surface area contributed by atoms with Gasteiger partial charge in [-0.2, -0.15) is 16.7 Å². The van der Waals surface area contributed by atoms with Crippen molar-refractivity contribution in [2.24, 2.45) is 0 Å². The van der Waals surface area contributed by atoms with Crippen LogP contribution < -0.4 is 10.6 Å². The number of nitrogens with zero attached hydrogens (tertiary/aromatic N) is 5. The Hall–Kier alpha value is -2.28. The van der Waals surface area contributed by atoms with Crippen LogP contribution in [0.2, 0.25) is 0 Å². The first-order chi connectivity index (χ1) is 12.8. The molecule has 6 nitrogen and oxygen atoms in total. The van der Waals surface area contributed by atoms with E-state index in [1.807, 2.05) is 16.4 Å². The van der Waals surface area contributed by atoms with E-state index >= 15 is 0 Å². The zero-order chi connectivity index (χ0) is 19.2. The first kappa shape index (κ1) is 18.1. The number of hydrogen-bond donors (Lipinski definition) is 1. The zero-order valence-corrected chi connectivity index (χ0v) is 17.2. The molecule has 3 aromatic rings. The van der Waals surface area contributed by atoms with Crippen LogP contribution in [-0.2, 0) is 5.54 Å². The third-order valence-corrected chi connectivity index (χ3v) is 5.72. The van der Waals surface area contributed by atoms with E-state index in [0.29, 0.717) is 11.5 Å². The van der Waals surface area contributed by atoms with E-state index in [1.165, 1.54) is 5.56 Å². The summed E-state index contributed by atoms with van der Waals surface area (Å²) in [5, 5.41) is 5.59. The Labute approximate surface area is 164 Å². The van der Waals surface area contributed by atoms with Gasteiger partial charge in [-0.05, 0) is 33.8 Å². The van der Waals surface area contributed by atoms with Crippen LogP contribution in [0.15, 0.2) is 24.3 Å². The summed E-state index contributed by atoms with van der Waals surface area (Å²) in [5.41, 5.74) is 10.1. The number of thioether (sulfide) groups is 1. The summed E-state index contributed by atoms with van der Waals surface area (Å²) in [6, 6.07) is 8.37. The minimum absolute atomic E-state index is 0.226. The number of hydrogen-bond acceptors (Lipinski definition) is 6. The fourth-order valence-electron chi connectivity index (χ4n) is 3.42. The summed E-state index contributed by atoms with van der Waals surface area (Å²) in [4.78, 5) is 12.0. The first-order valence-corrected chi connectivity index (χ1v) is 10.5. The molecule has 1 saturated heterocycles. The van der Waals surface area contributed by atoms with Gasteiger partial charge in [0.15, 0.2) is 5.65 Å². The quantitative estimate of drug-likeness (QED) is 0.729. The van der Waals surface area contributed by atoms with Gasteiger partial charge in [0.25, 0.3) is 0 Å². The zero-order valence-electron chi connectivity index (χ0n) is 16.4. The van der Waals surface area contributed by atoms with Crippen LogP contribution in [0, 0.1) is 6.92 Å². The van der Waals surface area contributed by atoms with Crippen molar-refractivity contribution < 1.29 is 0 Å². The molecule has 2 N–H and O–H groups in total. The van der Waals surface area contributed by atoms with Crippen LogP contribution in [0.25, 0.3) is 22.3 Å². The van der Waals surface area contributed by atoms with E-state index in [0.717, 1.165) is 47.2 Å². The Morgan fingerprint density at radius 1 is 1.11 bits per heavy atom. The van der Waals surface area contributed by atoms with Gasteiger partial charge in [-0.15, -0.1) is 5.10 Å². The van der Waals surface area contributed by atoms with Gasteiger partial charge in [0.05, 0.1) is 16.6 Å². The van der Waals surface area contributed by atoms with Crippen LogP contribution in [0.4, 0.5) is 11.8 Å². The maximum Gasteiger partial charge on any atom is 0.228 e. The van der Waals surface area contributed by atoms with Crippen molar-refractivity contribution >= 4 is 34.6 Å². The third kappa shape index (κ3) is 3.36. The molecule has 1 aliphatic heterocycles. The average molecular weight is 383 g/mol. The molecule has 4 rings (SSSR count). The number of nitrogens with two attached hydrogens (primary N) is 1. The van der Waals surface area contributed by atoms with Crippen LogP contribution >= 0.6 is 11.8 Å². The van der Waals surface area contributed by atoms with E-state index in [4.69, 9.17) is 20.8 Å². The van der Waals surface area contributed by atoms with Crippen LogP contribution in [0.1, 0.15) is 26.3 Å². The Kier molecular flexibility index (Phi) is 4.50. The lowest BCUT2D eigenvalue weighted by atomic mass is 10.1. The highest BCUT2D eigenvalue weighted by atomic mass is 32.2. The number of fused-ring (bicyclic) bond motifs is 1. The monoisotopic (exact) mass is 382 g/mol. The molecule has 0 bridgehead atoms. The van der Waals surface area contributed by atoms with E-state index in [1.54, 1.807) is 0 Å². The second-order valence-electron chi connectivity index (χ2n) is 8.01. The number of aromatic nitrogens is 4. The molecular weight excluding hydrogens is 356 g/mol. The van der Waals surface area contributed by atoms with Gasteiger partial charge in [0.1, 0.15) is 5.82 Å². The lowest BCUT2D eigenvalue weighted by Crippen LogP contribution is -2.33. The number of rotatable bonds is 2. The summed E-state index contributed by atoms with van der Waals surface area (Å²) in [7, 11) is 0. The lowest BCUT2D eigenvalue weighted by Gasteiger charge is -2.26. The predicted octanol–water partition coefficient (Wildman–Crippen LogP) is 3.69. The fraction of sp³-hybridized carbons (Fsp3) is 0.450. The van der Waals surface area contributed by atoms with Gasteiger partial charge in [-0.25, -0.2) is 9.67 Å². The van der Waals surface area contributed by atoms with Gasteiger partial charge < -0.3 is 10.6 Å². The van der Waals surface area contributed by atoms with Crippen LogP contribution in [0.3, 0.4) is 0 Å². The smallest absolute Gasteiger partial charge is 0.228 e. The summed E-state index contributed by atoms with van der Waals surface area (Å²) >= 11 is 1.97. The van der Waals surface area contributed by atoms with E-state index < -0.39 is 0 Å². The molecule has 0 unspecified atom stereocenters. The fourth-order valence-corrected chi connectivity index (χ4v) is 4.32. The number of aryl methyl sites for hydroxylation is 1. The normalized spacial score (nSPS) is 15.5. The van der Waals surface area contributed by atoms with Crippen molar-refractivity contribution in [1.82, 2.24) is 19.7 Å². The maximum atomic E-state index is 6.53. The van der Waals surface area contributed by atoms with Crippen molar-refractivity contribution in [2.75, 3.05) is 35.2 Å². The summed E-state index contributed by atoms with van der Waals surface area (Å²) in [6.07, 6.45) is 0. The molecule has 3 heterocycles. The Morgan fingerprint density at radius 3 is 2.52 bits per heavy atom. The van der Waals surface area contributed by atoms with Gasteiger partial charge in [-0.1, -0.05) is 23.8 Å². The van der Waals surface area contributed by atoms with Crippen molar-refractivity contribution in [3.63, 3.8) is 0 Å². The van der Waals surface area contributed by atoms with Gasteiger partial charge in [0, 0.05) is 30.2 Å². The molecule has 0 saturated carbocycles. The van der Waals surface area contributed by atoms with E-state index in [-0.39, 0.29) is 5.54 Å². The van der Waals surface area contributed by atoms with Crippen molar-refractivity contribution in [1.29, 1.82) is 0 Å². The predicted molar refractivity (Wildman–Crippen MR) is 114 cm³/mol. The molecule has 1 aliphatic rings. The molecule has 1 aromatic carbocycles. The van der Waals surface area contributed by atoms with Gasteiger partial charge in [0.2, 0.25) is 5.95 Å². The maximum absolute atomic E-state index is 6.53. The van der Waals surface area contributed by atoms with E-state index in [2.05, 4.69) is 56.9 Å². The molecule has 142 valence electrons. The van der Waals surface area contributed by atoms with Crippen molar-refractivity contribution in [2.45, 2.75) is 33.2 Å². The average Bonchev–Trinajstić information content (AvgIpc) is 2.99. The molecule has 27 heavy (non-hydrogen) atoms. The second kappa shape index (κ2) is 6.71.